The molecule has 0 unspecified atom stereocenters. The van der Waals surface area contributed by atoms with Crippen molar-refractivity contribution in [2.75, 3.05) is 5.32 Å². The molecule has 6 nitrogen and oxygen atoms in total. The zero-order chi connectivity index (χ0) is 15.5. The maximum atomic E-state index is 12.1. The van der Waals surface area contributed by atoms with Crippen LogP contribution in [0.3, 0.4) is 0 Å². The number of nitriles is 1. The summed E-state index contributed by atoms with van der Waals surface area (Å²) in [7, 11) is 0. The molecule has 0 aliphatic carbocycles. The first-order chi connectivity index (χ1) is 10.7. The Bertz CT molecular complexity index is 856. The zero-order valence-electron chi connectivity index (χ0n) is 12.0. The van der Waals surface area contributed by atoms with Gasteiger partial charge in [-0.3, -0.25) is 4.79 Å². The second-order valence-electron chi connectivity index (χ2n) is 5.10. The Balaban J connectivity index is 1.73. The monoisotopic (exact) mass is 294 g/mol. The Morgan fingerprint density at radius 3 is 3.05 bits per heavy atom. The molecule has 3 rings (SSSR count). The molecule has 0 aliphatic heterocycles. The highest BCUT2D eigenvalue weighted by molar-refractivity contribution is 5.93. The third kappa shape index (κ3) is 2.83. The second-order valence-corrected chi connectivity index (χ2v) is 5.10. The van der Waals surface area contributed by atoms with Crippen LogP contribution in [0.15, 0.2) is 41.1 Å². The second kappa shape index (κ2) is 5.74. The molecule has 2 heterocycles. The van der Waals surface area contributed by atoms with Crippen molar-refractivity contribution < 1.29 is 9.32 Å². The van der Waals surface area contributed by atoms with Crippen LogP contribution >= 0.6 is 0 Å². The average molecular weight is 294 g/mol. The predicted molar refractivity (Wildman–Crippen MR) is 81.0 cm³/mol. The van der Waals surface area contributed by atoms with Gasteiger partial charge in [0, 0.05) is 17.8 Å². The van der Waals surface area contributed by atoms with E-state index in [2.05, 4.69) is 15.5 Å². The van der Waals surface area contributed by atoms with E-state index in [0.717, 1.165) is 16.5 Å². The first kappa shape index (κ1) is 13.9. The minimum Gasteiger partial charge on any atom is -0.361 e. The van der Waals surface area contributed by atoms with Crippen molar-refractivity contribution in [1.82, 2.24) is 10.1 Å². The normalized spacial score (nSPS) is 12.0. The Morgan fingerprint density at radius 2 is 2.32 bits per heavy atom. The van der Waals surface area contributed by atoms with E-state index in [1.54, 1.807) is 13.0 Å². The average Bonchev–Trinajstić information content (AvgIpc) is 3.12. The molecule has 1 amide bonds. The van der Waals surface area contributed by atoms with Crippen molar-refractivity contribution in [2.24, 2.45) is 5.92 Å². The number of amides is 1. The Hall–Kier alpha value is -3.07. The van der Waals surface area contributed by atoms with Crippen LogP contribution in [0.25, 0.3) is 10.9 Å². The van der Waals surface area contributed by atoms with Gasteiger partial charge in [0.25, 0.3) is 0 Å². The first-order valence-electron chi connectivity index (χ1n) is 6.85. The largest absolute Gasteiger partial charge is 0.361 e. The van der Waals surface area contributed by atoms with Gasteiger partial charge >= 0.3 is 0 Å². The molecule has 110 valence electrons. The zero-order valence-corrected chi connectivity index (χ0v) is 12.0. The van der Waals surface area contributed by atoms with E-state index in [1.165, 1.54) is 0 Å². The van der Waals surface area contributed by atoms with Gasteiger partial charge in [0.05, 0.1) is 6.07 Å². The van der Waals surface area contributed by atoms with Crippen molar-refractivity contribution >= 4 is 22.6 Å². The number of nitrogens with zero attached hydrogens (tertiary/aromatic N) is 2. The van der Waals surface area contributed by atoms with Crippen LogP contribution < -0.4 is 5.32 Å². The molecule has 2 aromatic heterocycles. The van der Waals surface area contributed by atoms with Crippen LogP contribution in [0.1, 0.15) is 11.3 Å². The number of carbonyl (C=O) groups excluding carboxylic acids is 1. The summed E-state index contributed by atoms with van der Waals surface area (Å²) in [5.74, 6) is -0.246. The molecule has 0 saturated carbocycles. The van der Waals surface area contributed by atoms with Gasteiger partial charge in [-0.1, -0.05) is 11.2 Å². The van der Waals surface area contributed by atoms with Crippen molar-refractivity contribution in [3.8, 4) is 6.07 Å². The van der Waals surface area contributed by atoms with Gasteiger partial charge in [0.15, 0.2) is 5.82 Å². The summed E-state index contributed by atoms with van der Waals surface area (Å²) in [5, 5.41) is 16.6. The number of nitrogens with one attached hydrogen (secondary N) is 2. The number of fused-ring (bicyclic) bond motifs is 1. The lowest BCUT2D eigenvalue weighted by Gasteiger charge is -2.08. The summed E-state index contributed by atoms with van der Waals surface area (Å²) in [6.45, 7) is 1.73. The summed E-state index contributed by atoms with van der Waals surface area (Å²) < 4.78 is 4.89. The third-order valence-electron chi connectivity index (χ3n) is 3.41. The van der Waals surface area contributed by atoms with Crippen molar-refractivity contribution in [3.05, 3.63) is 47.9 Å². The van der Waals surface area contributed by atoms with E-state index < -0.39 is 5.92 Å². The minimum absolute atomic E-state index is 0.323. The molecule has 6 heteroatoms. The van der Waals surface area contributed by atoms with Crippen LogP contribution in [0, 0.1) is 24.2 Å². The smallest absolute Gasteiger partial charge is 0.243 e. The fourth-order valence-corrected chi connectivity index (χ4v) is 2.30. The fourth-order valence-electron chi connectivity index (χ4n) is 2.30. The quantitative estimate of drug-likeness (QED) is 0.773. The first-order valence-corrected chi connectivity index (χ1v) is 6.85. The van der Waals surface area contributed by atoms with E-state index in [4.69, 9.17) is 4.52 Å². The van der Waals surface area contributed by atoms with Gasteiger partial charge in [-0.25, -0.2) is 0 Å². The Labute approximate surface area is 126 Å². The maximum Gasteiger partial charge on any atom is 0.243 e. The van der Waals surface area contributed by atoms with Crippen molar-refractivity contribution in [1.29, 1.82) is 5.26 Å². The third-order valence-corrected chi connectivity index (χ3v) is 3.41. The van der Waals surface area contributed by atoms with E-state index in [1.807, 2.05) is 36.5 Å². The molecule has 0 bridgehead atoms. The highest BCUT2D eigenvalue weighted by atomic mass is 16.5. The van der Waals surface area contributed by atoms with Crippen LogP contribution in [0.4, 0.5) is 5.82 Å². The van der Waals surface area contributed by atoms with Gasteiger partial charge in [-0.15, -0.1) is 0 Å². The fraction of sp³-hybridized carbons (Fsp3) is 0.188. The summed E-state index contributed by atoms with van der Waals surface area (Å²) in [5.41, 5.74) is 1.96. The number of rotatable bonds is 4. The van der Waals surface area contributed by atoms with Crippen LogP contribution in [-0.2, 0) is 11.2 Å². The van der Waals surface area contributed by atoms with Gasteiger partial charge in [0.1, 0.15) is 11.7 Å². The van der Waals surface area contributed by atoms with Gasteiger partial charge < -0.3 is 14.8 Å². The summed E-state index contributed by atoms with van der Waals surface area (Å²) in [4.78, 5) is 15.3. The van der Waals surface area contributed by atoms with Gasteiger partial charge in [-0.2, -0.15) is 5.26 Å². The summed E-state index contributed by atoms with van der Waals surface area (Å²) >= 11 is 0. The predicted octanol–water partition coefficient (Wildman–Crippen LogP) is 2.79. The Morgan fingerprint density at radius 1 is 1.45 bits per heavy atom. The van der Waals surface area contributed by atoms with E-state index in [-0.39, 0.29) is 5.91 Å². The maximum absolute atomic E-state index is 12.1. The Kier molecular flexibility index (Phi) is 3.62. The molecular weight excluding hydrogens is 280 g/mol. The number of benzene rings is 1. The van der Waals surface area contributed by atoms with Crippen LogP contribution in [0.5, 0.6) is 0 Å². The van der Waals surface area contributed by atoms with E-state index in [0.29, 0.717) is 18.0 Å². The highest BCUT2D eigenvalue weighted by Gasteiger charge is 2.20. The molecule has 0 radical (unpaired) electrons. The summed E-state index contributed by atoms with van der Waals surface area (Å²) in [6.07, 6.45) is 2.20. The number of H-pyrrole nitrogens is 1. The molecule has 1 aromatic carbocycles. The van der Waals surface area contributed by atoms with Crippen molar-refractivity contribution in [3.63, 3.8) is 0 Å². The molecule has 0 saturated heterocycles. The molecule has 1 atom stereocenters. The van der Waals surface area contributed by atoms with Crippen LogP contribution in [0.2, 0.25) is 0 Å². The minimum atomic E-state index is -0.784. The SMILES string of the molecule is Cc1cc(NC(=O)[C@@H](C#N)Cc2ccc3[nH]ccc3c2)no1. The number of hydrogen-bond acceptors (Lipinski definition) is 4. The number of aryl methyl sites for hydroxylation is 1. The van der Waals surface area contributed by atoms with E-state index in [9.17, 15) is 10.1 Å². The lowest BCUT2D eigenvalue weighted by Crippen LogP contribution is -2.23. The van der Waals surface area contributed by atoms with E-state index >= 15 is 0 Å². The van der Waals surface area contributed by atoms with Crippen LogP contribution in [-0.4, -0.2) is 16.0 Å². The number of aromatic amines is 1. The molecular formula is C16H14N4O2. The van der Waals surface area contributed by atoms with Gasteiger partial charge in [0.2, 0.25) is 5.91 Å². The number of carbonyl (C=O) groups is 1. The number of hydrogen-bond donors (Lipinski definition) is 2. The summed E-state index contributed by atoms with van der Waals surface area (Å²) in [6, 6.07) is 11.4. The molecule has 0 fully saturated rings. The standard InChI is InChI=1S/C16H14N4O2/c1-10-6-15(20-22-10)19-16(21)13(9-17)8-11-2-3-14-12(7-11)4-5-18-14/h2-7,13,18H,8H2,1H3,(H,19,20,21)/t13-/m1/s1. The molecule has 2 N–H and O–H groups in total. The van der Waals surface area contributed by atoms with Gasteiger partial charge in [-0.05, 0) is 42.5 Å². The molecule has 0 spiro atoms. The molecule has 0 aliphatic rings. The lowest BCUT2D eigenvalue weighted by atomic mass is 9.99. The number of aromatic nitrogens is 2. The lowest BCUT2D eigenvalue weighted by molar-refractivity contribution is -0.118. The highest BCUT2D eigenvalue weighted by Crippen LogP contribution is 2.18. The number of anilines is 1. The molecule has 22 heavy (non-hydrogen) atoms. The molecule has 3 aromatic rings. The van der Waals surface area contributed by atoms with Crippen molar-refractivity contribution in [2.45, 2.75) is 13.3 Å². The topological polar surface area (TPSA) is 94.7 Å².